The number of para-hydroxylation sites is 1. The van der Waals surface area contributed by atoms with Gasteiger partial charge in [0.2, 0.25) is 5.95 Å². The fraction of sp³-hybridized carbons (Fsp3) is 0.312. The van der Waals surface area contributed by atoms with E-state index in [0.29, 0.717) is 31.9 Å². The highest BCUT2D eigenvalue weighted by molar-refractivity contribution is 9.10. The number of carboxylic acid groups (broad SMARTS) is 1. The highest BCUT2D eigenvalue weighted by Crippen LogP contribution is 2.26. The Kier molecular flexibility index (Phi) is 4.76. The summed E-state index contributed by atoms with van der Waals surface area (Å²) in [5.41, 5.74) is 0.897. The van der Waals surface area contributed by atoms with Crippen LogP contribution >= 0.6 is 15.9 Å². The Hall–Kier alpha value is -2.15. The second-order valence-electron chi connectivity index (χ2n) is 5.44. The first-order valence-electron chi connectivity index (χ1n) is 7.46. The van der Waals surface area contributed by atoms with Gasteiger partial charge >= 0.3 is 5.97 Å². The minimum atomic E-state index is -0.705. The molecule has 1 aliphatic rings. The number of rotatable bonds is 4. The van der Waals surface area contributed by atoms with Gasteiger partial charge in [0.25, 0.3) is 0 Å². The summed E-state index contributed by atoms with van der Waals surface area (Å²) in [6, 6.07) is 9.63. The third kappa shape index (κ3) is 3.79. The lowest BCUT2D eigenvalue weighted by Crippen LogP contribution is -2.36. The Labute approximate surface area is 142 Å². The quantitative estimate of drug-likeness (QED) is 0.852. The van der Waals surface area contributed by atoms with Crippen LogP contribution in [0.1, 0.15) is 12.8 Å². The number of nitrogens with one attached hydrogen (secondary N) is 1. The molecule has 0 spiro atoms. The van der Waals surface area contributed by atoms with Crippen LogP contribution in [0.15, 0.2) is 41.0 Å². The number of halogens is 1. The molecule has 1 fully saturated rings. The Morgan fingerprint density at radius 3 is 2.70 bits per heavy atom. The number of benzene rings is 1. The molecule has 6 nitrogen and oxygen atoms in total. The monoisotopic (exact) mass is 376 g/mol. The van der Waals surface area contributed by atoms with E-state index in [1.165, 1.54) is 0 Å². The molecule has 0 radical (unpaired) electrons. The normalized spacial score (nSPS) is 15.4. The van der Waals surface area contributed by atoms with Gasteiger partial charge in [-0.1, -0.05) is 12.1 Å². The van der Waals surface area contributed by atoms with Gasteiger partial charge in [0, 0.05) is 23.8 Å². The number of piperidine rings is 1. The van der Waals surface area contributed by atoms with Crippen molar-refractivity contribution in [2.24, 2.45) is 5.92 Å². The van der Waals surface area contributed by atoms with Gasteiger partial charge in [0.05, 0.1) is 11.6 Å². The predicted molar refractivity (Wildman–Crippen MR) is 92.0 cm³/mol. The smallest absolute Gasteiger partial charge is 0.306 e. The van der Waals surface area contributed by atoms with Gasteiger partial charge in [0.1, 0.15) is 5.82 Å². The molecule has 1 saturated heterocycles. The van der Waals surface area contributed by atoms with Crippen LogP contribution in [0.2, 0.25) is 0 Å². The molecule has 0 aliphatic carbocycles. The Balaban J connectivity index is 1.71. The molecular formula is C16H17BrN4O2. The number of hydrogen-bond donors (Lipinski definition) is 2. The molecule has 3 rings (SSSR count). The maximum atomic E-state index is 11.0. The molecule has 23 heavy (non-hydrogen) atoms. The SMILES string of the molecule is O=C(O)C1CCN(c2ccnc(Nc3ccccc3Br)n2)CC1. The topological polar surface area (TPSA) is 78.3 Å². The molecule has 0 unspecified atom stereocenters. The van der Waals surface area contributed by atoms with Crippen molar-refractivity contribution < 1.29 is 9.90 Å². The molecule has 7 heteroatoms. The molecular weight excluding hydrogens is 360 g/mol. The van der Waals surface area contributed by atoms with Gasteiger partial charge in [-0.2, -0.15) is 4.98 Å². The Bertz CT molecular complexity index is 702. The van der Waals surface area contributed by atoms with E-state index in [9.17, 15) is 4.79 Å². The van der Waals surface area contributed by atoms with E-state index in [4.69, 9.17) is 5.11 Å². The summed E-state index contributed by atoms with van der Waals surface area (Å²) in [6.07, 6.45) is 3.00. The van der Waals surface area contributed by atoms with E-state index >= 15 is 0 Å². The van der Waals surface area contributed by atoms with E-state index in [0.717, 1.165) is 16.0 Å². The summed E-state index contributed by atoms with van der Waals surface area (Å²) in [7, 11) is 0. The molecule has 2 heterocycles. The molecule has 120 valence electrons. The van der Waals surface area contributed by atoms with Gasteiger partial charge < -0.3 is 15.3 Å². The zero-order chi connectivity index (χ0) is 16.2. The zero-order valence-corrected chi connectivity index (χ0v) is 14.0. The summed E-state index contributed by atoms with van der Waals surface area (Å²) in [5, 5.41) is 12.3. The lowest BCUT2D eigenvalue weighted by Gasteiger charge is -2.31. The van der Waals surface area contributed by atoms with E-state index in [2.05, 4.69) is 36.1 Å². The van der Waals surface area contributed by atoms with E-state index < -0.39 is 5.97 Å². The van der Waals surface area contributed by atoms with Crippen molar-refractivity contribution in [3.05, 3.63) is 41.0 Å². The summed E-state index contributed by atoms with van der Waals surface area (Å²) >= 11 is 3.48. The molecule has 1 aromatic heterocycles. The van der Waals surface area contributed by atoms with Crippen molar-refractivity contribution in [2.45, 2.75) is 12.8 Å². The van der Waals surface area contributed by atoms with E-state index in [-0.39, 0.29) is 5.92 Å². The maximum Gasteiger partial charge on any atom is 0.306 e. The summed E-state index contributed by atoms with van der Waals surface area (Å²) in [5.74, 6) is 0.391. The Morgan fingerprint density at radius 2 is 2.00 bits per heavy atom. The summed E-state index contributed by atoms with van der Waals surface area (Å²) < 4.78 is 0.941. The van der Waals surface area contributed by atoms with Gasteiger partial charge in [-0.05, 0) is 47.0 Å². The standard InChI is InChI=1S/C16H17BrN4O2/c17-12-3-1-2-4-13(12)19-16-18-8-5-14(20-16)21-9-6-11(7-10-21)15(22)23/h1-5,8,11H,6-7,9-10H2,(H,22,23)(H,18,19,20). The number of aliphatic carboxylic acids is 1. The van der Waals surface area contributed by atoms with Gasteiger partial charge in [-0.25, -0.2) is 4.98 Å². The molecule has 2 N–H and O–H groups in total. The van der Waals surface area contributed by atoms with Crippen molar-refractivity contribution >= 4 is 39.4 Å². The van der Waals surface area contributed by atoms with Crippen molar-refractivity contribution in [1.29, 1.82) is 0 Å². The first-order valence-corrected chi connectivity index (χ1v) is 8.25. The van der Waals surface area contributed by atoms with Gasteiger partial charge in [0.15, 0.2) is 0 Å². The molecule has 0 atom stereocenters. The summed E-state index contributed by atoms with van der Waals surface area (Å²) in [4.78, 5) is 21.9. The first-order chi connectivity index (χ1) is 11.1. The third-order valence-corrected chi connectivity index (χ3v) is 4.62. The lowest BCUT2D eigenvalue weighted by molar-refractivity contribution is -0.142. The number of hydrogen-bond acceptors (Lipinski definition) is 5. The van der Waals surface area contributed by atoms with Crippen LogP contribution in [0.5, 0.6) is 0 Å². The van der Waals surface area contributed by atoms with Crippen LogP contribution in [0.4, 0.5) is 17.5 Å². The predicted octanol–water partition coefficient (Wildman–Crippen LogP) is 3.28. The Morgan fingerprint density at radius 1 is 1.26 bits per heavy atom. The minimum absolute atomic E-state index is 0.244. The fourth-order valence-corrected chi connectivity index (χ4v) is 3.01. The first kappa shape index (κ1) is 15.7. The largest absolute Gasteiger partial charge is 0.481 e. The second kappa shape index (κ2) is 6.95. The van der Waals surface area contributed by atoms with E-state index in [1.807, 2.05) is 30.3 Å². The highest BCUT2D eigenvalue weighted by Gasteiger charge is 2.25. The summed E-state index contributed by atoms with van der Waals surface area (Å²) in [6.45, 7) is 1.39. The number of aromatic nitrogens is 2. The average molecular weight is 377 g/mol. The van der Waals surface area contributed by atoms with Crippen molar-refractivity contribution in [3.63, 3.8) is 0 Å². The fourth-order valence-electron chi connectivity index (χ4n) is 2.62. The second-order valence-corrected chi connectivity index (χ2v) is 6.30. The molecule has 0 amide bonds. The molecule has 0 bridgehead atoms. The molecule has 2 aromatic rings. The average Bonchev–Trinajstić information content (AvgIpc) is 2.57. The highest BCUT2D eigenvalue weighted by atomic mass is 79.9. The minimum Gasteiger partial charge on any atom is -0.481 e. The third-order valence-electron chi connectivity index (χ3n) is 3.93. The van der Waals surface area contributed by atoms with Crippen molar-refractivity contribution in [3.8, 4) is 0 Å². The molecule has 1 aromatic carbocycles. The zero-order valence-electron chi connectivity index (χ0n) is 12.4. The van der Waals surface area contributed by atoms with Crippen molar-refractivity contribution in [2.75, 3.05) is 23.3 Å². The van der Waals surface area contributed by atoms with Crippen LogP contribution in [0, 0.1) is 5.92 Å². The maximum absolute atomic E-state index is 11.0. The number of carbonyl (C=O) groups is 1. The number of anilines is 3. The number of carboxylic acids is 1. The van der Waals surface area contributed by atoms with Crippen LogP contribution < -0.4 is 10.2 Å². The van der Waals surface area contributed by atoms with Crippen LogP contribution in [0.25, 0.3) is 0 Å². The van der Waals surface area contributed by atoms with Crippen LogP contribution in [-0.2, 0) is 4.79 Å². The molecule has 0 saturated carbocycles. The van der Waals surface area contributed by atoms with Crippen molar-refractivity contribution in [1.82, 2.24) is 9.97 Å². The van der Waals surface area contributed by atoms with Gasteiger partial charge in [-0.15, -0.1) is 0 Å². The van der Waals surface area contributed by atoms with E-state index in [1.54, 1.807) is 6.20 Å². The van der Waals surface area contributed by atoms with Crippen LogP contribution in [0.3, 0.4) is 0 Å². The number of nitrogens with zero attached hydrogens (tertiary/aromatic N) is 3. The molecule has 1 aliphatic heterocycles. The van der Waals surface area contributed by atoms with Gasteiger partial charge in [-0.3, -0.25) is 4.79 Å². The van der Waals surface area contributed by atoms with Crippen LogP contribution in [-0.4, -0.2) is 34.1 Å². The lowest BCUT2D eigenvalue weighted by atomic mass is 9.97.